The highest BCUT2D eigenvalue weighted by Gasteiger charge is 2.23. The minimum Gasteiger partial charge on any atom is -0.352 e. The molecule has 7 nitrogen and oxygen atoms in total. The van der Waals surface area contributed by atoms with Gasteiger partial charge in [-0.3, -0.25) is 4.79 Å². The maximum absolute atomic E-state index is 12.6. The van der Waals surface area contributed by atoms with Crippen LogP contribution in [0.2, 0.25) is 0 Å². The van der Waals surface area contributed by atoms with Crippen LogP contribution in [0.3, 0.4) is 0 Å². The molecule has 0 N–H and O–H groups in total. The number of nitrogens with zero attached hydrogens (tertiary/aromatic N) is 6. The van der Waals surface area contributed by atoms with E-state index < -0.39 is 0 Å². The quantitative estimate of drug-likeness (QED) is 0.492. The van der Waals surface area contributed by atoms with Crippen LogP contribution in [0.5, 0.6) is 0 Å². The van der Waals surface area contributed by atoms with Gasteiger partial charge >= 0.3 is 0 Å². The van der Waals surface area contributed by atoms with Crippen molar-refractivity contribution in [2.24, 2.45) is 0 Å². The van der Waals surface area contributed by atoms with E-state index in [-0.39, 0.29) is 5.91 Å². The summed E-state index contributed by atoms with van der Waals surface area (Å²) in [4.78, 5) is 35.3. The molecule has 9 heteroatoms. The summed E-state index contributed by atoms with van der Waals surface area (Å²) in [5.74, 6) is 1.46. The molecule has 27 heavy (non-hydrogen) atoms. The molecule has 4 heterocycles. The minimum atomic E-state index is 0.130. The molecule has 0 spiro atoms. The molecule has 4 rings (SSSR count). The molecule has 0 bridgehead atoms. The first-order valence-corrected chi connectivity index (χ1v) is 10.6. The van der Waals surface area contributed by atoms with Crippen molar-refractivity contribution in [2.45, 2.75) is 19.0 Å². The highest BCUT2D eigenvalue weighted by atomic mass is 32.2. The normalized spacial score (nSPS) is 14.7. The van der Waals surface area contributed by atoms with Crippen molar-refractivity contribution in [1.82, 2.24) is 24.8 Å². The molecule has 1 fully saturated rings. The molecule has 140 valence electrons. The Labute approximate surface area is 165 Å². The molecule has 0 aliphatic carbocycles. The Morgan fingerprint density at radius 2 is 1.89 bits per heavy atom. The summed E-state index contributed by atoms with van der Waals surface area (Å²) in [5, 5.41) is 3.79. The van der Waals surface area contributed by atoms with Crippen LogP contribution in [0, 0.1) is 13.8 Å². The fourth-order valence-electron chi connectivity index (χ4n) is 3.17. The number of amides is 1. The van der Waals surface area contributed by atoms with E-state index in [1.54, 1.807) is 17.7 Å². The van der Waals surface area contributed by atoms with E-state index in [2.05, 4.69) is 30.9 Å². The second-order valence-corrected chi connectivity index (χ2v) is 8.26. The third-order valence-electron chi connectivity index (χ3n) is 4.46. The van der Waals surface area contributed by atoms with E-state index in [9.17, 15) is 4.79 Å². The van der Waals surface area contributed by atoms with E-state index in [1.165, 1.54) is 11.8 Å². The molecule has 3 aromatic heterocycles. The van der Waals surface area contributed by atoms with Crippen LogP contribution < -0.4 is 4.90 Å². The standard InChI is InChI=1S/C18H20N6OS2/c1-12-9-13(2)22-18(21-12)27-10-15(25)23-4-6-24(7-5-23)16-14-3-8-26-17(14)20-11-19-16/h3,8-9,11H,4-7,10H2,1-2H3. The third-order valence-corrected chi connectivity index (χ3v) is 6.11. The maximum Gasteiger partial charge on any atom is 0.233 e. The molecule has 1 aliphatic heterocycles. The molecule has 0 atom stereocenters. The Kier molecular flexibility index (Phi) is 5.22. The lowest BCUT2D eigenvalue weighted by Crippen LogP contribution is -2.49. The molecule has 3 aromatic rings. The third kappa shape index (κ3) is 4.03. The van der Waals surface area contributed by atoms with Crippen LogP contribution in [-0.4, -0.2) is 62.7 Å². The zero-order valence-electron chi connectivity index (χ0n) is 15.3. The van der Waals surface area contributed by atoms with Crippen LogP contribution in [0.25, 0.3) is 10.2 Å². The van der Waals surface area contributed by atoms with Crippen molar-refractivity contribution in [3.05, 3.63) is 35.2 Å². The number of thiophene rings is 1. The number of aromatic nitrogens is 4. The fraction of sp³-hybridized carbons (Fsp3) is 0.389. The van der Waals surface area contributed by atoms with Gasteiger partial charge in [-0.15, -0.1) is 11.3 Å². The number of rotatable bonds is 4. The molecule has 0 aromatic carbocycles. The molecule has 1 saturated heterocycles. The number of hydrogen-bond donors (Lipinski definition) is 0. The van der Waals surface area contributed by atoms with Crippen LogP contribution in [0.1, 0.15) is 11.4 Å². The van der Waals surface area contributed by atoms with Crippen LogP contribution >= 0.6 is 23.1 Å². The fourth-order valence-corrected chi connectivity index (χ4v) is 4.75. The summed E-state index contributed by atoms with van der Waals surface area (Å²) in [6, 6.07) is 4.00. The second kappa shape index (κ2) is 7.77. The average Bonchev–Trinajstić information content (AvgIpc) is 3.14. The van der Waals surface area contributed by atoms with Gasteiger partial charge in [-0.25, -0.2) is 19.9 Å². The number of carbonyl (C=O) groups is 1. The van der Waals surface area contributed by atoms with E-state index in [0.29, 0.717) is 24.0 Å². The highest BCUT2D eigenvalue weighted by molar-refractivity contribution is 7.99. The van der Waals surface area contributed by atoms with Crippen LogP contribution in [0.4, 0.5) is 5.82 Å². The molecular weight excluding hydrogens is 380 g/mol. The largest absolute Gasteiger partial charge is 0.352 e. The van der Waals surface area contributed by atoms with Crippen LogP contribution in [-0.2, 0) is 4.79 Å². The van der Waals surface area contributed by atoms with E-state index in [0.717, 1.165) is 40.5 Å². The van der Waals surface area contributed by atoms with Crippen LogP contribution in [0.15, 0.2) is 29.0 Å². The molecular formula is C18H20N6OS2. The van der Waals surface area contributed by atoms with Crippen molar-refractivity contribution in [1.29, 1.82) is 0 Å². The SMILES string of the molecule is Cc1cc(C)nc(SCC(=O)N2CCN(c3ncnc4sccc34)CC2)n1. The summed E-state index contributed by atoms with van der Waals surface area (Å²) in [5.41, 5.74) is 1.85. The molecule has 0 unspecified atom stereocenters. The average molecular weight is 401 g/mol. The highest BCUT2D eigenvalue weighted by Crippen LogP contribution is 2.27. The van der Waals surface area contributed by atoms with E-state index >= 15 is 0 Å². The van der Waals surface area contributed by atoms with Crippen molar-refractivity contribution in [2.75, 3.05) is 36.8 Å². The Morgan fingerprint density at radius 3 is 2.63 bits per heavy atom. The molecule has 1 aliphatic rings. The molecule has 1 amide bonds. The lowest BCUT2D eigenvalue weighted by Gasteiger charge is -2.35. The zero-order chi connectivity index (χ0) is 18.8. The van der Waals surface area contributed by atoms with Gasteiger partial charge in [0.1, 0.15) is 17.0 Å². The summed E-state index contributed by atoms with van der Waals surface area (Å²) < 4.78 is 0. The first kappa shape index (κ1) is 18.1. The van der Waals surface area contributed by atoms with E-state index in [1.807, 2.05) is 30.2 Å². The van der Waals surface area contributed by atoms with Gasteiger partial charge in [0, 0.05) is 37.6 Å². The van der Waals surface area contributed by atoms with Crippen molar-refractivity contribution >= 4 is 45.0 Å². The van der Waals surface area contributed by atoms with Crippen molar-refractivity contribution < 1.29 is 4.79 Å². The van der Waals surface area contributed by atoms with Gasteiger partial charge in [-0.05, 0) is 31.4 Å². The Balaban J connectivity index is 1.34. The second-order valence-electron chi connectivity index (χ2n) is 6.43. The Hall–Kier alpha value is -2.26. The predicted octanol–water partition coefficient (Wildman–Crippen LogP) is 2.54. The first-order chi connectivity index (χ1) is 13.1. The molecule has 0 radical (unpaired) electrons. The number of carbonyl (C=O) groups excluding carboxylic acids is 1. The number of piperazine rings is 1. The summed E-state index contributed by atoms with van der Waals surface area (Å²) in [7, 11) is 0. The Morgan fingerprint density at radius 1 is 1.15 bits per heavy atom. The van der Waals surface area contributed by atoms with Crippen molar-refractivity contribution in [3.8, 4) is 0 Å². The summed E-state index contributed by atoms with van der Waals surface area (Å²) in [6.07, 6.45) is 1.62. The van der Waals surface area contributed by atoms with E-state index in [4.69, 9.17) is 0 Å². The number of fused-ring (bicyclic) bond motifs is 1. The summed E-state index contributed by atoms with van der Waals surface area (Å²) in [6.45, 7) is 6.83. The monoisotopic (exact) mass is 400 g/mol. The van der Waals surface area contributed by atoms with Crippen molar-refractivity contribution in [3.63, 3.8) is 0 Å². The van der Waals surface area contributed by atoms with Gasteiger partial charge < -0.3 is 9.80 Å². The minimum absolute atomic E-state index is 0.130. The lowest BCUT2D eigenvalue weighted by atomic mass is 10.2. The van der Waals surface area contributed by atoms with Gasteiger partial charge in [0.2, 0.25) is 5.91 Å². The predicted molar refractivity (Wildman–Crippen MR) is 108 cm³/mol. The van der Waals surface area contributed by atoms with Gasteiger partial charge in [-0.1, -0.05) is 11.8 Å². The van der Waals surface area contributed by atoms with Gasteiger partial charge in [0.15, 0.2) is 5.16 Å². The summed E-state index contributed by atoms with van der Waals surface area (Å²) >= 11 is 3.02. The van der Waals surface area contributed by atoms with Gasteiger partial charge in [0.05, 0.1) is 11.1 Å². The molecule has 0 saturated carbocycles. The van der Waals surface area contributed by atoms with Gasteiger partial charge in [-0.2, -0.15) is 0 Å². The number of anilines is 1. The smallest absolute Gasteiger partial charge is 0.233 e. The first-order valence-electron chi connectivity index (χ1n) is 8.76. The number of thioether (sulfide) groups is 1. The zero-order valence-corrected chi connectivity index (χ0v) is 16.9. The number of aryl methyl sites for hydroxylation is 2. The topological polar surface area (TPSA) is 75.1 Å². The Bertz CT molecular complexity index is 947. The lowest BCUT2D eigenvalue weighted by molar-refractivity contribution is -0.128. The number of hydrogen-bond acceptors (Lipinski definition) is 8. The maximum atomic E-state index is 12.6. The van der Waals surface area contributed by atoms with Gasteiger partial charge in [0.25, 0.3) is 0 Å².